The molecule has 1 aromatic carbocycles. The van der Waals surface area contributed by atoms with Crippen LogP contribution >= 0.6 is 0 Å². The summed E-state index contributed by atoms with van der Waals surface area (Å²) in [5, 5.41) is 0. The van der Waals surface area contributed by atoms with Gasteiger partial charge in [-0.1, -0.05) is 30.8 Å². The van der Waals surface area contributed by atoms with E-state index in [2.05, 4.69) is 24.8 Å². The Morgan fingerprint density at radius 2 is 2.11 bits per heavy atom. The highest BCUT2D eigenvalue weighted by Gasteiger charge is 2.19. The number of carbonyl (C=O) groups is 1. The van der Waals surface area contributed by atoms with Crippen LogP contribution in [0, 0.1) is 0 Å². The van der Waals surface area contributed by atoms with Crippen LogP contribution in [0.15, 0.2) is 36.4 Å². The number of fused-ring (bicyclic) bond motifs is 1. The molecular formula is C15H18O3. The number of benzene rings is 1. The quantitative estimate of drug-likeness (QED) is 0.465. The molecule has 18 heavy (non-hydrogen) atoms. The molecule has 0 aliphatic heterocycles. The van der Waals surface area contributed by atoms with Crippen molar-refractivity contribution in [1.29, 1.82) is 0 Å². The molecule has 1 unspecified atom stereocenters. The lowest BCUT2D eigenvalue weighted by atomic mass is 9.90. The molecule has 0 amide bonds. The fourth-order valence-corrected chi connectivity index (χ4v) is 2.11. The van der Waals surface area contributed by atoms with E-state index in [1.165, 1.54) is 11.1 Å². The zero-order valence-corrected chi connectivity index (χ0v) is 10.6. The monoisotopic (exact) mass is 246 g/mol. The van der Waals surface area contributed by atoms with Crippen LogP contribution in [-0.4, -0.2) is 18.9 Å². The lowest BCUT2D eigenvalue weighted by Crippen LogP contribution is -2.24. The molecule has 0 aromatic heterocycles. The molecule has 1 aromatic rings. The maximum atomic E-state index is 11.2. The molecule has 96 valence electrons. The molecule has 1 aliphatic rings. The maximum absolute atomic E-state index is 11.2. The van der Waals surface area contributed by atoms with Crippen molar-refractivity contribution in [2.75, 3.05) is 6.79 Å². The van der Waals surface area contributed by atoms with Gasteiger partial charge in [-0.15, -0.1) is 0 Å². The van der Waals surface area contributed by atoms with E-state index in [4.69, 9.17) is 9.47 Å². The van der Waals surface area contributed by atoms with Crippen LogP contribution in [0.2, 0.25) is 0 Å². The van der Waals surface area contributed by atoms with Crippen LogP contribution in [0.5, 0.6) is 0 Å². The number of carbonyl (C=O) groups excluding carboxylic acids is 1. The fourth-order valence-electron chi connectivity index (χ4n) is 2.11. The van der Waals surface area contributed by atoms with Gasteiger partial charge in [-0.25, -0.2) is 4.79 Å². The number of hydrogen-bond acceptors (Lipinski definition) is 3. The van der Waals surface area contributed by atoms with Crippen LogP contribution in [0.3, 0.4) is 0 Å². The Bertz CT molecular complexity index is 451. The van der Waals surface area contributed by atoms with Gasteiger partial charge < -0.3 is 9.47 Å². The predicted molar refractivity (Wildman–Crippen MR) is 69.1 cm³/mol. The highest BCUT2D eigenvalue weighted by molar-refractivity contribution is 5.86. The van der Waals surface area contributed by atoms with Gasteiger partial charge in [0.05, 0.1) is 6.10 Å². The van der Waals surface area contributed by atoms with Gasteiger partial charge in [0.15, 0.2) is 6.79 Å². The molecule has 0 radical (unpaired) electrons. The Morgan fingerprint density at radius 1 is 1.39 bits per heavy atom. The van der Waals surface area contributed by atoms with Crippen LogP contribution < -0.4 is 0 Å². The summed E-state index contributed by atoms with van der Waals surface area (Å²) in [5.74, 6) is -0.397. The largest absolute Gasteiger partial charge is 0.435 e. The molecule has 0 saturated carbocycles. The van der Waals surface area contributed by atoms with Crippen molar-refractivity contribution in [3.05, 3.63) is 47.5 Å². The summed E-state index contributed by atoms with van der Waals surface area (Å²) in [6.45, 7) is 5.16. The zero-order chi connectivity index (χ0) is 13.0. The minimum Gasteiger partial charge on any atom is -0.435 e. The molecule has 0 bridgehead atoms. The second kappa shape index (κ2) is 5.83. The van der Waals surface area contributed by atoms with Gasteiger partial charge in [-0.2, -0.15) is 0 Å². The number of esters is 1. The van der Waals surface area contributed by atoms with Gasteiger partial charge >= 0.3 is 5.97 Å². The molecular weight excluding hydrogens is 228 g/mol. The van der Waals surface area contributed by atoms with Crippen LogP contribution in [0.1, 0.15) is 24.5 Å². The lowest BCUT2D eigenvalue weighted by Gasteiger charge is -2.24. The first-order valence-electron chi connectivity index (χ1n) is 6.18. The number of rotatable bonds is 4. The second-order valence-corrected chi connectivity index (χ2v) is 4.63. The molecule has 0 spiro atoms. The van der Waals surface area contributed by atoms with Crippen LogP contribution in [-0.2, 0) is 27.1 Å². The van der Waals surface area contributed by atoms with E-state index in [1.54, 1.807) is 6.92 Å². The van der Waals surface area contributed by atoms with Gasteiger partial charge in [0.1, 0.15) is 0 Å². The maximum Gasteiger partial charge on any atom is 0.335 e. The summed E-state index contributed by atoms with van der Waals surface area (Å²) in [7, 11) is 0. The number of aryl methyl sites for hydroxylation is 1. The molecule has 2 rings (SSSR count). The van der Waals surface area contributed by atoms with E-state index in [0.29, 0.717) is 5.57 Å². The topological polar surface area (TPSA) is 35.5 Å². The van der Waals surface area contributed by atoms with E-state index >= 15 is 0 Å². The van der Waals surface area contributed by atoms with Gasteiger partial charge in [0.2, 0.25) is 0 Å². The van der Waals surface area contributed by atoms with E-state index in [-0.39, 0.29) is 12.9 Å². The van der Waals surface area contributed by atoms with Crippen molar-refractivity contribution < 1.29 is 14.3 Å². The predicted octanol–water partition coefficient (Wildman–Crippen LogP) is 2.64. The third-order valence-corrected chi connectivity index (χ3v) is 3.14. The molecule has 1 atom stereocenters. The SMILES string of the molecule is C=C(C)C(=O)OCOC1CCc2ccccc2C1. The lowest BCUT2D eigenvalue weighted by molar-refractivity contribution is -0.156. The third-order valence-electron chi connectivity index (χ3n) is 3.14. The molecule has 0 N–H and O–H groups in total. The zero-order valence-electron chi connectivity index (χ0n) is 10.6. The Hall–Kier alpha value is -1.61. The summed E-state index contributed by atoms with van der Waals surface area (Å²) in [6, 6.07) is 8.40. The Balaban J connectivity index is 1.80. The first-order valence-corrected chi connectivity index (χ1v) is 6.18. The van der Waals surface area contributed by atoms with Gasteiger partial charge in [-0.3, -0.25) is 0 Å². The van der Waals surface area contributed by atoms with Crippen molar-refractivity contribution in [2.45, 2.75) is 32.3 Å². The summed E-state index contributed by atoms with van der Waals surface area (Å²) in [4.78, 5) is 11.2. The average molecular weight is 246 g/mol. The minimum atomic E-state index is -0.397. The highest BCUT2D eigenvalue weighted by atomic mass is 16.7. The van der Waals surface area contributed by atoms with Gasteiger partial charge in [-0.05, 0) is 37.3 Å². The van der Waals surface area contributed by atoms with Gasteiger partial charge in [0.25, 0.3) is 0 Å². The van der Waals surface area contributed by atoms with E-state index in [0.717, 1.165) is 19.3 Å². The van der Waals surface area contributed by atoms with Gasteiger partial charge in [0, 0.05) is 5.57 Å². The molecule has 3 nitrogen and oxygen atoms in total. The summed E-state index contributed by atoms with van der Waals surface area (Å²) in [5.41, 5.74) is 3.13. The van der Waals surface area contributed by atoms with Crippen LogP contribution in [0.25, 0.3) is 0 Å². The molecule has 3 heteroatoms. The first-order chi connectivity index (χ1) is 8.66. The van der Waals surface area contributed by atoms with E-state index < -0.39 is 5.97 Å². The third kappa shape index (κ3) is 3.20. The summed E-state index contributed by atoms with van der Waals surface area (Å²) >= 11 is 0. The first kappa shape index (κ1) is 12.8. The summed E-state index contributed by atoms with van der Waals surface area (Å²) in [6.07, 6.45) is 3.02. The molecule has 1 aliphatic carbocycles. The smallest absolute Gasteiger partial charge is 0.335 e. The molecule has 0 heterocycles. The van der Waals surface area contributed by atoms with E-state index in [1.807, 2.05) is 6.07 Å². The number of hydrogen-bond donors (Lipinski definition) is 0. The average Bonchev–Trinajstić information content (AvgIpc) is 2.38. The van der Waals surface area contributed by atoms with Crippen molar-refractivity contribution in [3.8, 4) is 0 Å². The summed E-state index contributed by atoms with van der Waals surface area (Å²) < 4.78 is 10.5. The second-order valence-electron chi connectivity index (χ2n) is 4.63. The Kier molecular flexibility index (Phi) is 4.15. The van der Waals surface area contributed by atoms with Crippen molar-refractivity contribution in [3.63, 3.8) is 0 Å². The van der Waals surface area contributed by atoms with E-state index in [9.17, 15) is 4.79 Å². The van der Waals surface area contributed by atoms with Crippen molar-refractivity contribution >= 4 is 5.97 Å². The fraction of sp³-hybridized carbons (Fsp3) is 0.400. The molecule has 0 fully saturated rings. The van der Waals surface area contributed by atoms with Crippen LogP contribution in [0.4, 0.5) is 0 Å². The minimum absolute atomic E-state index is 0.0124. The standard InChI is InChI=1S/C15H18O3/c1-11(2)15(16)18-10-17-14-8-7-12-5-3-4-6-13(12)9-14/h3-6,14H,1,7-10H2,2H3. The molecule has 0 saturated heterocycles. The Morgan fingerprint density at radius 3 is 2.83 bits per heavy atom. The normalized spacial score (nSPS) is 17.9. The Labute approximate surface area is 107 Å². The van der Waals surface area contributed by atoms with Crippen molar-refractivity contribution in [1.82, 2.24) is 0 Å². The van der Waals surface area contributed by atoms with Crippen molar-refractivity contribution in [2.24, 2.45) is 0 Å². The highest BCUT2D eigenvalue weighted by Crippen LogP contribution is 2.22. The number of ether oxygens (including phenoxy) is 2.